The molecule has 4 nitrogen and oxygen atoms in total. The van der Waals surface area contributed by atoms with Gasteiger partial charge in [-0.1, -0.05) is 47.1 Å². The lowest BCUT2D eigenvalue weighted by atomic mass is 9.82. The minimum absolute atomic E-state index is 0.0311. The lowest BCUT2D eigenvalue weighted by molar-refractivity contribution is 0.0650. The summed E-state index contributed by atoms with van der Waals surface area (Å²) in [6, 6.07) is 3.21. The quantitative estimate of drug-likeness (QED) is 0.698. The van der Waals surface area contributed by atoms with E-state index in [0.717, 1.165) is 31.2 Å². The first kappa shape index (κ1) is 20.2. The van der Waals surface area contributed by atoms with E-state index in [1.165, 1.54) is 6.07 Å². The van der Waals surface area contributed by atoms with E-state index in [4.69, 9.17) is 0 Å². The molecule has 1 aromatic carbocycles. The van der Waals surface area contributed by atoms with Crippen LogP contribution in [0.25, 0.3) is 0 Å². The lowest BCUT2D eigenvalue weighted by Gasteiger charge is -2.24. The maximum Gasteiger partial charge on any atom is 0.336 e. The van der Waals surface area contributed by atoms with E-state index < -0.39 is 11.9 Å². The Labute approximate surface area is 144 Å². The fraction of sp³-hybridized carbons (Fsp3) is 0.600. The molecule has 24 heavy (non-hydrogen) atoms. The van der Waals surface area contributed by atoms with Crippen molar-refractivity contribution in [2.24, 2.45) is 11.3 Å². The van der Waals surface area contributed by atoms with Gasteiger partial charge in [0, 0.05) is 0 Å². The van der Waals surface area contributed by atoms with E-state index >= 15 is 0 Å². The number of carboxylic acids is 2. The monoisotopic (exact) mass is 334 g/mol. The van der Waals surface area contributed by atoms with Crippen LogP contribution in [-0.2, 0) is 12.8 Å². The summed E-state index contributed by atoms with van der Waals surface area (Å²) in [5.41, 5.74) is 1.75. The molecule has 0 radical (unpaired) electrons. The van der Waals surface area contributed by atoms with Gasteiger partial charge >= 0.3 is 11.9 Å². The van der Waals surface area contributed by atoms with Crippen LogP contribution >= 0.6 is 0 Å². The third-order valence-electron chi connectivity index (χ3n) is 4.22. The second-order valence-corrected chi connectivity index (χ2v) is 7.89. The molecule has 0 bridgehead atoms. The summed E-state index contributed by atoms with van der Waals surface area (Å²) in [5, 5.41) is 18.9. The highest BCUT2D eigenvalue weighted by Gasteiger charge is 2.23. The minimum atomic E-state index is -1.18. The van der Waals surface area contributed by atoms with Gasteiger partial charge in [-0.2, -0.15) is 0 Å². The van der Waals surface area contributed by atoms with Crippen LogP contribution in [0.2, 0.25) is 0 Å². The molecule has 0 aliphatic rings. The number of aryl methyl sites for hydroxylation is 1. The maximum atomic E-state index is 11.7. The van der Waals surface area contributed by atoms with Gasteiger partial charge in [0.1, 0.15) is 0 Å². The number of carboxylic acid groups (broad SMARTS) is 2. The van der Waals surface area contributed by atoms with Gasteiger partial charge in [0.25, 0.3) is 0 Å². The predicted octanol–water partition coefficient (Wildman–Crippen LogP) is 5.04. The van der Waals surface area contributed by atoms with E-state index in [9.17, 15) is 19.8 Å². The molecule has 134 valence electrons. The van der Waals surface area contributed by atoms with E-state index in [0.29, 0.717) is 17.9 Å². The molecule has 0 spiro atoms. The van der Waals surface area contributed by atoms with Crippen LogP contribution in [0.15, 0.2) is 12.1 Å². The second-order valence-electron chi connectivity index (χ2n) is 7.89. The minimum Gasteiger partial charge on any atom is -0.478 e. The van der Waals surface area contributed by atoms with E-state index in [1.807, 2.05) is 6.92 Å². The van der Waals surface area contributed by atoms with Crippen molar-refractivity contribution in [1.82, 2.24) is 0 Å². The van der Waals surface area contributed by atoms with Crippen molar-refractivity contribution in [3.63, 3.8) is 0 Å². The Bertz CT molecular complexity index is 596. The van der Waals surface area contributed by atoms with Crippen molar-refractivity contribution in [2.45, 2.75) is 66.7 Å². The Kier molecular flexibility index (Phi) is 7.00. The highest BCUT2D eigenvalue weighted by molar-refractivity contribution is 6.03. The van der Waals surface area contributed by atoms with Crippen molar-refractivity contribution >= 4 is 11.9 Å². The molecule has 1 unspecified atom stereocenters. The molecule has 4 heteroatoms. The molecule has 0 amide bonds. The van der Waals surface area contributed by atoms with Crippen molar-refractivity contribution in [1.29, 1.82) is 0 Å². The number of benzene rings is 1. The first-order valence-corrected chi connectivity index (χ1v) is 8.68. The Morgan fingerprint density at radius 1 is 1.08 bits per heavy atom. The molecule has 1 aromatic rings. The Balaban J connectivity index is 3.19. The summed E-state index contributed by atoms with van der Waals surface area (Å²) in [7, 11) is 0. The Hall–Kier alpha value is -1.84. The van der Waals surface area contributed by atoms with Crippen molar-refractivity contribution in [3.8, 4) is 0 Å². The molecule has 0 fully saturated rings. The largest absolute Gasteiger partial charge is 0.478 e. The number of hydrogen-bond donors (Lipinski definition) is 2. The summed E-state index contributed by atoms with van der Waals surface area (Å²) in [4.78, 5) is 23.1. The summed E-state index contributed by atoms with van der Waals surface area (Å²) in [6.07, 6.45) is 4.18. The van der Waals surface area contributed by atoms with Gasteiger partial charge in [-0.3, -0.25) is 0 Å². The Morgan fingerprint density at radius 3 is 2.17 bits per heavy atom. The second kappa shape index (κ2) is 8.32. The third-order valence-corrected chi connectivity index (χ3v) is 4.22. The SMILES string of the molecule is CCCc1ccc(C(=O)O)c(C(=O)O)c1CCC(C)CC(C)(C)C. The van der Waals surface area contributed by atoms with Gasteiger partial charge in [-0.15, -0.1) is 0 Å². The number of aromatic carboxylic acids is 2. The zero-order chi connectivity index (χ0) is 18.5. The molecule has 1 rings (SSSR count). The number of rotatable bonds is 8. The summed E-state index contributed by atoms with van der Waals surface area (Å²) >= 11 is 0. The predicted molar refractivity (Wildman–Crippen MR) is 95.9 cm³/mol. The van der Waals surface area contributed by atoms with Crippen LogP contribution in [0.4, 0.5) is 0 Å². The third kappa shape index (κ3) is 5.66. The zero-order valence-corrected chi connectivity index (χ0v) is 15.5. The van der Waals surface area contributed by atoms with Gasteiger partial charge in [0.2, 0.25) is 0 Å². The first-order chi connectivity index (χ1) is 11.1. The van der Waals surface area contributed by atoms with Gasteiger partial charge < -0.3 is 10.2 Å². The van der Waals surface area contributed by atoms with E-state index in [-0.39, 0.29) is 16.5 Å². The molecule has 0 aliphatic heterocycles. The molecule has 0 saturated heterocycles. The number of hydrogen-bond acceptors (Lipinski definition) is 2. The normalized spacial score (nSPS) is 12.9. The summed E-state index contributed by atoms with van der Waals surface area (Å²) in [6.45, 7) is 10.8. The first-order valence-electron chi connectivity index (χ1n) is 8.68. The fourth-order valence-corrected chi connectivity index (χ4v) is 3.44. The van der Waals surface area contributed by atoms with Gasteiger partial charge in [0.05, 0.1) is 11.1 Å². The highest BCUT2D eigenvalue weighted by Crippen LogP contribution is 2.29. The van der Waals surface area contributed by atoms with Crippen molar-refractivity contribution in [3.05, 3.63) is 34.4 Å². The Morgan fingerprint density at radius 2 is 1.71 bits per heavy atom. The molecule has 0 saturated carbocycles. The van der Waals surface area contributed by atoms with E-state index in [1.54, 1.807) is 6.07 Å². The molecule has 0 heterocycles. The number of carbonyl (C=O) groups is 2. The summed E-state index contributed by atoms with van der Waals surface area (Å²) < 4.78 is 0. The van der Waals surface area contributed by atoms with Gasteiger partial charge in [0.15, 0.2) is 0 Å². The summed E-state index contributed by atoms with van der Waals surface area (Å²) in [5.74, 6) is -1.88. The molecule has 0 aromatic heterocycles. The average molecular weight is 334 g/mol. The van der Waals surface area contributed by atoms with Gasteiger partial charge in [-0.05, 0) is 54.2 Å². The molecular weight excluding hydrogens is 304 g/mol. The van der Waals surface area contributed by atoms with Crippen molar-refractivity contribution in [2.75, 3.05) is 0 Å². The van der Waals surface area contributed by atoms with Crippen LogP contribution in [0.1, 0.15) is 85.7 Å². The average Bonchev–Trinajstić information content (AvgIpc) is 2.43. The molecular formula is C20H30O4. The highest BCUT2D eigenvalue weighted by atomic mass is 16.4. The molecule has 0 aliphatic carbocycles. The van der Waals surface area contributed by atoms with Gasteiger partial charge in [-0.25, -0.2) is 9.59 Å². The molecule has 2 N–H and O–H groups in total. The van der Waals surface area contributed by atoms with Crippen LogP contribution in [0, 0.1) is 11.3 Å². The molecule has 1 atom stereocenters. The maximum absolute atomic E-state index is 11.7. The standard InChI is InChI=1S/C20H30O4/c1-6-7-14-9-11-16(18(21)22)17(19(23)24)15(14)10-8-13(2)12-20(3,4)5/h9,11,13H,6-8,10,12H2,1-5H3,(H,21,22)(H,23,24). The smallest absolute Gasteiger partial charge is 0.336 e. The van der Waals surface area contributed by atoms with Crippen molar-refractivity contribution < 1.29 is 19.8 Å². The topological polar surface area (TPSA) is 74.6 Å². The van der Waals surface area contributed by atoms with Crippen LogP contribution in [0.3, 0.4) is 0 Å². The van der Waals surface area contributed by atoms with Crippen LogP contribution in [0.5, 0.6) is 0 Å². The van der Waals surface area contributed by atoms with E-state index in [2.05, 4.69) is 27.7 Å². The lowest BCUT2D eigenvalue weighted by Crippen LogP contribution is -2.16. The van der Waals surface area contributed by atoms with Crippen LogP contribution < -0.4 is 0 Å². The van der Waals surface area contributed by atoms with Crippen LogP contribution in [-0.4, -0.2) is 22.2 Å². The fourth-order valence-electron chi connectivity index (χ4n) is 3.44. The zero-order valence-electron chi connectivity index (χ0n) is 15.5.